The van der Waals surface area contributed by atoms with Crippen LogP contribution >= 0.6 is 0 Å². The second kappa shape index (κ2) is 9.80. The first-order valence-corrected chi connectivity index (χ1v) is 14.6. The van der Waals surface area contributed by atoms with Gasteiger partial charge in [-0.3, -0.25) is 4.79 Å². The van der Waals surface area contributed by atoms with E-state index in [0.29, 0.717) is 31.0 Å². The van der Waals surface area contributed by atoms with Gasteiger partial charge in [-0.05, 0) is 66.3 Å². The standard InChI is InChI=1S/C30H35N3O4S/c1-18-8-6-9-19(2)27(18)25-15-26-32-29(31-25)33-38(35,36)24-11-7-10-20(14-24)28(21-12-23(34)13-21)22(17-37-26)16-30(3,4)5/h6-11,14-15,21-22,28H,12-13,16-17H2,1-5H3,(H,31,32,33)/t22-,28?/m1/s1. The lowest BCUT2D eigenvalue weighted by Crippen LogP contribution is -2.37. The van der Waals surface area contributed by atoms with Gasteiger partial charge in [0.05, 0.1) is 17.2 Å². The Hall–Kier alpha value is -3.26. The number of hydrogen-bond acceptors (Lipinski definition) is 6. The topological polar surface area (TPSA) is 98.3 Å². The van der Waals surface area contributed by atoms with Gasteiger partial charge in [0.2, 0.25) is 11.8 Å². The van der Waals surface area contributed by atoms with E-state index >= 15 is 0 Å². The van der Waals surface area contributed by atoms with E-state index in [1.165, 1.54) is 0 Å². The normalized spacial score (nSPS) is 21.3. The highest BCUT2D eigenvalue weighted by Crippen LogP contribution is 2.46. The van der Waals surface area contributed by atoms with Gasteiger partial charge in [0.1, 0.15) is 5.78 Å². The van der Waals surface area contributed by atoms with E-state index in [1.54, 1.807) is 24.3 Å². The summed E-state index contributed by atoms with van der Waals surface area (Å²) in [7, 11) is -3.96. The predicted octanol–water partition coefficient (Wildman–Crippen LogP) is 6.07. The molecule has 0 spiro atoms. The summed E-state index contributed by atoms with van der Waals surface area (Å²) in [4.78, 5) is 21.2. The molecule has 1 aliphatic carbocycles. The molecule has 1 N–H and O–H groups in total. The molecule has 2 aromatic carbocycles. The van der Waals surface area contributed by atoms with Crippen molar-refractivity contribution in [3.05, 3.63) is 65.2 Å². The predicted molar refractivity (Wildman–Crippen MR) is 148 cm³/mol. The molecule has 0 saturated heterocycles. The van der Waals surface area contributed by atoms with Gasteiger partial charge in [0, 0.05) is 30.4 Å². The molecule has 1 unspecified atom stereocenters. The van der Waals surface area contributed by atoms with Crippen LogP contribution < -0.4 is 9.46 Å². The highest BCUT2D eigenvalue weighted by molar-refractivity contribution is 7.92. The van der Waals surface area contributed by atoms with Crippen molar-refractivity contribution in [3.63, 3.8) is 0 Å². The first-order valence-electron chi connectivity index (χ1n) is 13.1. The Morgan fingerprint density at radius 2 is 1.68 bits per heavy atom. The van der Waals surface area contributed by atoms with Crippen LogP contribution in [0.2, 0.25) is 0 Å². The molecule has 5 rings (SSSR count). The lowest BCUT2D eigenvalue weighted by Gasteiger charge is -2.40. The number of aromatic nitrogens is 2. The van der Waals surface area contributed by atoms with Crippen molar-refractivity contribution in [3.8, 4) is 17.1 Å². The fourth-order valence-electron chi connectivity index (χ4n) is 5.94. The number of ketones is 1. The molecule has 2 heterocycles. The van der Waals surface area contributed by atoms with Crippen LogP contribution in [-0.4, -0.2) is 30.8 Å². The van der Waals surface area contributed by atoms with E-state index < -0.39 is 10.0 Å². The zero-order valence-corrected chi connectivity index (χ0v) is 23.4. The fourth-order valence-corrected chi connectivity index (χ4v) is 6.93. The maximum Gasteiger partial charge on any atom is 0.264 e. The molecule has 2 aliphatic rings. The molecular weight excluding hydrogens is 498 g/mol. The molecule has 1 saturated carbocycles. The summed E-state index contributed by atoms with van der Waals surface area (Å²) in [6.07, 6.45) is 1.86. The summed E-state index contributed by atoms with van der Waals surface area (Å²) in [6, 6.07) is 14.9. The number of ether oxygens (including phenoxy) is 1. The first-order chi connectivity index (χ1) is 17.9. The van der Waals surface area contributed by atoms with Crippen LogP contribution in [0.4, 0.5) is 5.95 Å². The summed E-state index contributed by atoms with van der Waals surface area (Å²) in [5.41, 5.74) is 4.50. The molecule has 1 aromatic heterocycles. The molecule has 1 fully saturated rings. The summed E-state index contributed by atoms with van der Waals surface area (Å²) in [5, 5.41) is 0. The summed E-state index contributed by atoms with van der Waals surface area (Å²) in [6.45, 7) is 11.0. The molecule has 1 aliphatic heterocycles. The molecule has 0 radical (unpaired) electrons. The van der Waals surface area contributed by atoms with E-state index in [1.807, 2.05) is 38.1 Å². The number of Topliss-reactive ketones (excluding diaryl/α,β-unsaturated/α-hetero) is 1. The van der Waals surface area contributed by atoms with Crippen molar-refractivity contribution in [2.75, 3.05) is 11.3 Å². The van der Waals surface area contributed by atoms with Crippen LogP contribution in [0, 0.1) is 31.1 Å². The lowest BCUT2D eigenvalue weighted by molar-refractivity contribution is -0.128. The first kappa shape index (κ1) is 26.4. The van der Waals surface area contributed by atoms with Crippen LogP contribution in [0.3, 0.4) is 0 Å². The summed E-state index contributed by atoms with van der Waals surface area (Å²) < 4.78 is 36.0. The Bertz CT molecular complexity index is 1470. The summed E-state index contributed by atoms with van der Waals surface area (Å²) in [5.74, 6) is 0.738. The zero-order valence-electron chi connectivity index (χ0n) is 22.6. The third kappa shape index (κ3) is 5.46. The molecule has 0 amide bonds. The van der Waals surface area contributed by atoms with Gasteiger partial charge < -0.3 is 4.74 Å². The van der Waals surface area contributed by atoms with Crippen molar-refractivity contribution in [1.29, 1.82) is 0 Å². The van der Waals surface area contributed by atoms with Crippen molar-refractivity contribution >= 4 is 21.8 Å². The van der Waals surface area contributed by atoms with Crippen LogP contribution in [0.5, 0.6) is 5.88 Å². The minimum atomic E-state index is -3.96. The van der Waals surface area contributed by atoms with Crippen molar-refractivity contribution in [2.45, 2.75) is 64.7 Å². The van der Waals surface area contributed by atoms with Gasteiger partial charge in [-0.15, -0.1) is 0 Å². The summed E-state index contributed by atoms with van der Waals surface area (Å²) >= 11 is 0. The Morgan fingerprint density at radius 3 is 2.34 bits per heavy atom. The Kier molecular flexibility index (Phi) is 6.80. The average molecular weight is 534 g/mol. The van der Waals surface area contributed by atoms with Crippen molar-refractivity contribution < 1.29 is 17.9 Å². The average Bonchev–Trinajstić information content (AvgIpc) is 2.80. The van der Waals surface area contributed by atoms with Crippen LogP contribution in [0.25, 0.3) is 11.3 Å². The largest absolute Gasteiger partial charge is 0.477 e. The highest BCUT2D eigenvalue weighted by atomic mass is 32.2. The molecule has 7 nitrogen and oxygen atoms in total. The Morgan fingerprint density at radius 1 is 1.00 bits per heavy atom. The number of nitrogens with one attached hydrogen (secondary N) is 1. The highest BCUT2D eigenvalue weighted by Gasteiger charge is 2.41. The zero-order chi connectivity index (χ0) is 27.2. The number of hydrogen-bond donors (Lipinski definition) is 1. The van der Waals surface area contributed by atoms with Gasteiger partial charge in [-0.25, -0.2) is 18.1 Å². The second-order valence-electron chi connectivity index (χ2n) is 11.9. The second-order valence-corrected chi connectivity index (χ2v) is 13.6. The Balaban J connectivity index is 1.66. The van der Waals surface area contributed by atoms with Gasteiger partial charge in [-0.2, -0.15) is 4.98 Å². The maximum atomic E-state index is 13.5. The molecule has 3 aromatic rings. The fraction of sp³-hybridized carbons (Fsp3) is 0.433. The maximum absolute atomic E-state index is 13.5. The smallest absolute Gasteiger partial charge is 0.264 e. The van der Waals surface area contributed by atoms with Crippen LogP contribution in [0.1, 0.15) is 62.6 Å². The molecule has 4 bridgehead atoms. The van der Waals surface area contributed by atoms with E-state index in [9.17, 15) is 13.2 Å². The number of nitrogens with zero attached hydrogens (tertiary/aromatic N) is 2. The monoisotopic (exact) mass is 533 g/mol. The van der Waals surface area contributed by atoms with Gasteiger partial charge >= 0.3 is 0 Å². The number of rotatable bonds is 3. The molecule has 2 atom stereocenters. The third-order valence-corrected chi connectivity index (χ3v) is 8.86. The molecule has 38 heavy (non-hydrogen) atoms. The number of fused-ring (bicyclic) bond motifs is 4. The van der Waals surface area contributed by atoms with Gasteiger partial charge in [0.25, 0.3) is 10.0 Å². The number of benzene rings is 2. The van der Waals surface area contributed by atoms with E-state index in [2.05, 4.69) is 35.5 Å². The van der Waals surface area contributed by atoms with Crippen molar-refractivity contribution in [1.82, 2.24) is 9.97 Å². The number of aryl methyl sites for hydroxylation is 2. The number of carbonyl (C=O) groups excluding carboxylic acids is 1. The van der Waals surface area contributed by atoms with Gasteiger partial charge in [0.15, 0.2) is 0 Å². The van der Waals surface area contributed by atoms with Crippen LogP contribution in [0.15, 0.2) is 53.4 Å². The van der Waals surface area contributed by atoms with E-state index in [4.69, 9.17) is 4.74 Å². The van der Waals surface area contributed by atoms with E-state index in [-0.39, 0.29) is 39.8 Å². The molecule has 8 heteroatoms. The van der Waals surface area contributed by atoms with E-state index in [0.717, 1.165) is 28.7 Å². The minimum Gasteiger partial charge on any atom is -0.477 e. The quantitative estimate of drug-likeness (QED) is 0.439. The Labute approximate surface area is 225 Å². The SMILES string of the molecule is Cc1cccc(C)c1-c1cc2nc(n1)NS(=O)(=O)c1cccc(c1)C(C1CC(=O)C1)[C@H](CC(C)(C)C)CO2. The molecule has 200 valence electrons. The molecular formula is C30H35N3O4S. The number of sulfonamides is 1. The number of carbonyl (C=O) groups is 1. The van der Waals surface area contributed by atoms with Crippen LogP contribution in [-0.2, 0) is 14.8 Å². The lowest BCUT2D eigenvalue weighted by atomic mass is 9.64. The third-order valence-electron chi connectivity index (χ3n) is 7.53. The van der Waals surface area contributed by atoms with Gasteiger partial charge in [-0.1, -0.05) is 51.1 Å². The minimum absolute atomic E-state index is 0.00258. The van der Waals surface area contributed by atoms with Crippen molar-refractivity contribution in [2.24, 2.45) is 17.3 Å². The number of anilines is 1.